The van der Waals surface area contributed by atoms with Crippen molar-refractivity contribution in [1.82, 2.24) is 14.8 Å². The molecule has 0 atom stereocenters. The molecule has 1 N–H and O–H groups in total. The molecular weight excluding hydrogens is 438 g/mol. The number of benzene rings is 2. The molecular formula is C26H32ClN3O3. The standard InChI is InChI=1S/C26H31N3O3.ClH/c1-19-16-26(30)29(23-5-3-2-4-22(19)23)13-12-28-10-8-21(9-11-28)27-18-20-6-7-24-25(17-20)32-15-14-31-24;/h2-7,16-17,21,27H,8-15,18H2,1H3;1H. The quantitative estimate of drug-likeness (QED) is 0.595. The van der Waals surface area contributed by atoms with Crippen molar-refractivity contribution in [2.75, 3.05) is 32.8 Å². The molecule has 176 valence electrons. The van der Waals surface area contributed by atoms with Gasteiger partial charge in [-0.05, 0) is 62.2 Å². The third-order valence-electron chi connectivity index (χ3n) is 6.65. The number of aromatic nitrogens is 1. The van der Waals surface area contributed by atoms with E-state index in [2.05, 4.69) is 34.5 Å². The summed E-state index contributed by atoms with van der Waals surface area (Å²) in [6.45, 7) is 7.83. The molecule has 0 radical (unpaired) electrons. The number of piperidine rings is 1. The van der Waals surface area contributed by atoms with E-state index in [9.17, 15) is 4.79 Å². The lowest BCUT2D eigenvalue weighted by Crippen LogP contribution is -2.43. The second-order valence-electron chi connectivity index (χ2n) is 8.81. The van der Waals surface area contributed by atoms with Crippen LogP contribution in [0.25, 0.3) is 10.9 Å². The lowest BCUT2D eigenvalue weighted by molar-refractivity contribution is 0.171. The molecule has 0 spiro atoms. The zero-order valence-electron chi connectivity index (χ0n) is 19.1. The first kappa shape index (κ1) is 23.6. The third-order valence-corrected chi connectivity index (χ3v) is 6.65. The van der Waals surface area contributed by atoms with Crippen molar-refractivity contribution in [2.24, 2.45) is 0 Å². The summed E-state index contributed by atoms with van der Waals surface area (Å²) >= 11 is 0. The molecule has 0 aliphatic carbocycles. The first-order valence-electron chi connectivity index (χ1n) is 11.6. The highest BCUT2D eigenvalue weighted by molar-refractivity contribution is 5.85. The van der Waals surface area contributed by atoms with Gasteiger partial charge in [-0.25, -0.2) is 0 Å². The molecule has 33 heavy (non-hydrogen) atoms. The Labute approximate surface area is 200 Å². The Balaban J connectivity index is 0.00000259. The van der Waals surface area contributed by atoms with E-state index in [1.165, 1.54) is 5.56 Å². The lowest BCUT2D eigenvalue weighted by atomic mass is 10.0. The minimum atomic E-state index is 0. The zero-order valence-corrected chi connectivity index (χ0v) is 19.9. The number of nitrogens with zero attached hydrogens (tertiary/aromatic N) is 2. The van der Waals surface area contributed by atoms with Gasteiger partial charge in [-0.2, -0.15) is 0 Å². The van der Waals surface area contributed by atoms with E-state index < -0.39 is 0 Å². The van der Waals surface area contributed by atoms with E-state index in [0.29, 0.717) is 19.3 Å². The number of hydrogen-bond donors (Lipinski definition) is 1. The van der Waals surface area contributed by atoms with Gasteiger partial charge >= 0.3 is 0 Å². The number of hydrogen-bond acceptors (Lipinski definition) is 5. The first-order valence-corrected chi connectivity index (χ1v) is 11.6. The summed E-state index contributed by atoms with van der Waals surface area (Å²) < 4.78 is 13.2. The third kappa shape index (κ3) is 5.35. The van der Waals surface area contributed by atoms with Crippen LogP contribution in [0.2, 0.25) is 0 Å². The Morgan fingerprint density at radius 3 is 2.55 bits per heavy atom. The van der Waals surface area contributed by atoms with Crippen LogP contribution in [0.3, 0.4) is 0 Å². The fourth-order valence-electron chi connectivity index (χ4n) is 4.79. The molecule has 0 saturated carbocycles. The minimum Gasteiger partial charge on any atom is -0.486 e. The van der Waals surface area contributed by atoms with Crippen molar-refractivity contribution >= 4 is 23.3 Å². The molecule has 1 fully saturated rings. The highest BCUT2D eigenvalue weighted by Crippen LogP contribution is 2.30. The summed E-state index contributed by atoms with van der Waals surface area (Å²) in [7, 11) is 0. The van der Waals surface area contributed by atoms with Gasteiger partial charge in [0.15, 0.2) is 11.5 Å². The second kappa shape index (κ2) is 10.6. The van der Waals surface area contributed by atoms with Gasteiger partial charge < -0.3 is 24.3 Å². The number of rotatable bonds is 6. The average Bonchev–Trinajstić information content (AvgIpc) is 2.83. The SMILES string of the molecule is Cc1cc(=O)n(CCN2CCC(NCc3ccc4c(c3)OCCO4)CC2)c2ccccc12.Cl. The Morgan fingerprint density at radius 2 is 1.73 bits per heavy atom. The van der Waals surface area contributed by atoms with Crippen molar-refractivity contribution in [3.8, 4) is 11.5 Å². The Hall–Kier alpha value is -2.54. The van der Waals surface area contributed by atoms with E-state index >= 15 is 0 Å². The molecule has 3 aromatic rings. The molecule has 0 bridgehead atoms. The largest absolute Gasteiger partial charge is 0.486 e. The highest BCUT2D eigenvalue weighted by Gasteiger charge is 2.19. The monoisotopic (exact) mass is 469 g/mol. The number of halogens is 1. The number of likely N-dealkylation sites (tertiary alicyclic amines) is 1. The molecule has 1 aromatic heterocycles. The molecule has 2 aliphatic heterocycles. The molecule has 3 heterocycles. The fourth-order valence-corrected chi connectivity index (χ4v) is 4.79. The Bertz CT molecular complexity index is 1160. The molecule has 2 aromatic carbocycles. The van der Waals surface area contributed by atoms with Crippen LogP contribution in [0.5, 0.6) is 11.5 Å². The van der Waals surface area contributed by atoms with E-state index in [4.69, 9.17) is 9.47 Å². The second-order valence-corrected chi connectivity index (χ2v) is 8.81. The molecule has 5 rings (SSSR count). The summed E-state index contributed by atoms with van der Waals surface area (Å²) in [5.41, 5.74) is 3.40. The summed E-state index contributed by atoms with van der Waals surface area (Å²) in [6.07, 6.45) is 2.24. The average molecular weight is 470 g/mol. The van der Waals surface area contributed by atoms with Crippen molar-refractivity contribution in [3.63, 3.8) is 0 Å². The predicted molar refractivity (Wildman–Crippen MR) is 134 cm³/mol. The van der Waals surface area contributed by atoms with Crippen LogP contribution in [0.15, 0.2) is 53.3 Å². The molecule has 6 nitrogen and oxygen atoms in total. The fraction of sp³-hybridized carbons (Fsp3) is 0.423. The minimum absolute atomic E-state index is 0. The van der Waals surface area contributed by atoms with Crippen LogP contribution in [-0.4, -0.2) is 48.4 Å². The van der Waals surface area contributed by atoms with Crippen LogP contribution in [0.1, 0.15) is 24.0 Å². The predicted octanol–water partition coefficient (Wildman–Crippen LogP) is 3.76. The van der Waals surface area contributed by atoms with Crippen LogP contribution < -0.4 is 20.3 Å². The smallest absolute Gasteiger partial charge is 0.251 e. The van der Waals surface area contributed by atoms with Crippen LogP contribution in [0.4, 0.5) is 0 Å². The maximum atomic E-state index is 12.6. The van der Waals surface area contributed by atoms with E-state index in [1.54, 1.807) is 6.07 Å². The number of fused-ring (bicyclic) bond motifs is 2. The van der Waals surface area contributed by atoms with Crippen LogP contribution in [0, 0.1) is 6.92 Å². The van der Waals surface area contributed by atoms with Gasteiger partial charge in [0.1, 0.15) is 13.2 Å². The van der Waals surface area contributed by atoms with Gasteiger partial charge in [-0.15, -0.1) is 12.4 Å². The summed E-state index contributed by atoms with van der Waals surface area (Å²) in [4.78, 5) is 15.1. The number of para-hydroxylation sites is 1. The molecule has 0 unspecified atom stereocenters. The molecule has 2 aliphatic rings. The Kier molecular flexibility index (Phi) is 7.58. The maximum Gasteiger partial charge on any atom is 0.251 e. The summed E-state index contributed by atoms with van der Waals surface area (Å²) in [5.74, 6) is 1.69. The van der Waals surface area contributed by atoms with Gasteiger partial charge in [0.05, 0.1) is 5.52 Å². The highest BCUT2D eigenvalue weighted by atomic mass is 35.5. The normalized spacial score (nSPS) is 16.5. The van der Waals surface area contributed by atoms with Crippen molar-refractivity contribution < 1.29 is 9.47 Å². The number of nitrogens with one attached hydrogen (secondary N) is 1. The zero-order chi connectivity index (χ0) is 21.9. The van der Waals surface area contributed by atoms with E-state index in [0.717, 1.165) is 73.5 Å². The molecule has 7 heteroatoms. The van der Waals surface area contributed by atoms with E-state index in [-0.39, 0.29) is 18.0 Å². The Morgan fingerprint density at radius 1 is 0.970 bits per heavy atom. The number of aryl methyl sites for hydroxylation is 1. The van der Waals surface area contributed by atoms with Gasteiger partial charge in [0.2, 0.25) is 0 Å². The summed E-state index contributed by atoms with van der Waals surface area (Å²) in [5, 5.41) is 4.86. The van der Waals surface area contributed by atoms with Crippen molar-refractivity contribution in [2.45, 2.75) is 38.9 Å². The topological polar surface area (TPSA) is 55.7 Å². The molecule has 0 amide bonds. The van der Waals surface area contributed by atoms with E-state index in [1.807, 2.05) is 29.7 Å². The maximum absolute atomic E-state index is 12.6. The van der Waals surface area contributed by atoms with Crippen molar-refractivity contribution in [3.05, 3.63) is 70.0 Å². The van der Waals surface area contributed by atoms with Gasteiger partial charge in [-0.3, -0.25) is 4.79 Å². The molecule has 1 saturated heterocycles. The van der Waals surface area contributed by atoms with Gasteiger partial charge in [0.25, 0.3) is 5.56 Å². The van der Waals surface area contributed by atoms with Gasteiger partial charge in [0, 0.05) is 37.1 Å². The van der Waals surface area contributed by atoms with Crippen LogP contribution in [-0.2, 0) is 13.1 Å². The van der Waals surface area contributed by atoms with Gasteiger partial charge in [-0.1, -0.05) is 24.3 Å². The van der Waals surface area contributed by atoms with Crippen LogP contribution >= 0.6 is 12.4 Å². The number of ether oxygens (including phenoxy) is 2. The first-order chi connectivity index (χ1) is 15.7. The number of pyridine rings is 1. The van der Waals surface area contributed by atoms with Crippen molar-refractivity contribution in [1.29, 1.82) is 0 Å². The summed E-state index contributed by atoms with van der Waals surface area (Å²) in [6, 6.07) is 16.7. The lowest BCUT2D eigenvalue weighted by Gasteiger charge is -2.32.